The van der Waals surface area contributed by atoms with Gasteiger partial charge in [0, 0.05) is 17.7 Å². The summed E-state index contributed by atoms with van der Waals surface area (Å²) in [5.74, 6) is -0.112. The minimum absolute atomic E-state index is 0.219. The predicted molar refractivity (Wildman–Crippen MR) is 60.6 cm³/mol. The third kappa shape index (κ3) is 3.05. The maximum Gasteiger partial charge on any atom is 0.240 e. The fraction of sp³-hybridized carbons (Fsp3) is 0.273. The van der Waals surface area contributed by atoms with Crippen molar-refractivity contribution in [3.8, 4) is 0 Å². The summed E-state index contributed by atoms with van der Waals surface area (Å²) in [7, 11) is 1.60. The van der Waals surface area contributed by atoms with Crippen LogP contribution >= 0.6 is 0 Å². The molecular formula is C11H13N2O3. The maximum atomic E-state index is 11.8. The van der Waals surface area contributed by atoms with Gasteiger partial charge in [-0.25, -0.2) is 0 Å². The molecule has 1 rings (SSSR count). The molecule has 5 nitrogen and oxygen atoms in total. The summed E-state index contributed by atoms with van der Waals surface area (Å²) in [6.45, 7) is 1.06. The molecule has 1 aromatic carbocycles. The lowest BCUT2D eigenvalue weighted by Gasteiger charge is -2.19. The molecule has 0 aliphatic heterocycles. The lowest BCUT2D eigenvalue weighted by atomic mass is 10.1. The van der Waals surface area contributed by atoms with Crippen molar-refractivity contribution in [2.75, 3.05) is 18.5 Å². The zero-order chi connectivity index (χ0) is 12.1. The second-order valence-corrected chi connectivity index (χ2v) is 3.47. The number of nitrogens with zero attached hydrogens (tertiary/aromatic N) is 2. The van der Waals surface area contributed by atoms with Crippen LogP contribution in [0.4, 0.5) is 5.69 Å². The highest BCUT2D eigenvalue weighted by Gasteiger charge is 2.23. The normalized spacial score (nSPS) is 10.2. The van der Waals surface area contributed by atoms with Crippen molar-refractivity contribution in [3.05, 3.63) is 46.4 Å². The van der Waals surface area contributed by atoms with Crippen LogP contribution in [0.3, 0.4) is 0 Å². The minimum atomic E-state index is -0.508. The van der Waals surface area contributed by atoms with Crippen molar-refractivity contribution in [3.63, 3.8) is 0 Å². The molecule has 1 radical (unpaired) electrons. The third-order valence-corrected chi connectivity index (χ3v) is 2.18. The highest BCUT2D eigenvalue weighted by molar-refractivity contribution is 6.02. The molecule has 0 atom stereocenters. The van der Waals surface area contributed by atoms with E-state index < -0.39 is 11.5 Å². The number of para-hydroxylation sites is 1. The Kier molecular flexibility index (Phi) is 3.99. The van der Waals surface area contributed by atoms with Gasteiger partial charge in [0.25, 0.3) is 0 Å². The smallest absolute Gasteiger partial charge is 0.240 e. The van der Waals surface area contributed by atoms with Gasteiger partial charge < -0.3 is 4.90 Å². The molecule has 0 aromatic heterocycles. The van der Waals surface area contributed by atoms with Gasteiger partial charge in [0.05, 0.1) is 0 Å². The van der Waals surface area contributed by atoms with Gasteiger partial charge in [-0.1, -0.05) is 18.2 Å². The molecule has 0 aliphatic carbocycles. The molecule has 0 spiro atoms. The van der Waals surface area contributed by atoms with Gasteiger partial charge >= 0.3 is 0 Å². The van der Waals surface area contributed by atoms with E-state index in [1.165, 1.54) is 11.8 Å². The van der Waals surface area contributed by atoms with E-state index in [2.05, 4.69) is 0 Å². The standard InChI is InChI=1S/C11H13N2O3/c1-9(8-13(15)16)11(14)12(2)10-6-4-3-5-7-10/h3-7H,8H2,1-2H3. The highest BCUT2D eigenvalue weighted by Crippen LogP contribution is 2.14. The summed E-state index contributed by atoms with van der Waals surface area (Å²) in [5.41, 5.74) is 0.718. The molecule has 0 unspecified atom stereocenters. The van der Waals surface area contributed by atoms with Crippen molar-refractivity contribution < 1.29 is 9.72 Å². The molecule has 0 fully saturated rings. The van der Waals surface area contributed by atoms with Crippen LogP contribution in [0.1, 0.15) is 6.92 Å². The van der Waals surface area contributed by atoms with Crippen LogP contribution in [-0.4, -0.2) is 24.4 Å². The van der Waals surface area contributed by atoms with Crippen molar-refractivity contribution in [1.82, 2.24) is 0 Å². The molecule has 16 heavy (non-hydrogen) atoms. The van der Waals surface area contributed by atoms with E-state index in [1.54, 1.807) is 19.2 Å². The lowest BCUT2D eigenvalue weighted by molar-refractivity contribution is -0.474. The molecule has 5 heteroatoms. The molecule has 0 saturated heterocycles. The van der Waals surface area contributed by atoms with E-state index in [4.69, 9.17) is 0 Å². The summed E-state index contributed by atoms with van der Waals surface area (Å²) in [5, 5.41) is 10.3. The molecule has 0 bridgehead atoms. The van der Waals surface area contributed by atoms with Gasteiger partial charge in [-0.3, -0.25) is 14.9 Å². The van der Waals surface area contributed by atoms with E-state index in [0.29, 0.717) is 0 Å². The van der Waals surface area contributed by atoms with Gasteiger partial charge in [-0.05, 0) is 19.1 Å². The summed E-state index contributed by atoms with van der Waals surface area (Å²) < 4.78 is 0. The van der Waals surface area contributed by atoms with Crippen LogP contribution in [0, 0.1) is 16.0 Å². The maximum absolute atomic E-state index is 11.8. The number of hydrogen-bond acceptors (Lipinski definition) is 3. The number of benzene rings is 1. The zero-order valence-electron chi connectivity index (χ0n) is 9.21. The minimum Gasteiger partial charge on any atom is -0.315 e. The van der Waals surface area contributed by atoms with Crippen molar-refractivity contribution in [2.24, 2.45) is 0 Å². The largest absolute Gasteiger partial charge is 0.315 e. The van der Waals surface area contributed by atoms with E-state index in [-0.39, 0.29) is 11.8 Å². The van der Waals surface area contributed by atoms with Gasteiger partial charge in [-0.15, -0.1) is 0 Å². The van der Waals surface area contributed by atoms with Crippen LogP contribution in [0.15, 0.2) is 30.3 Å². The Labute approximate surface area is 93.8 Å². The highest BCUT2D eigenvalue weighted by atomic mass is 16.6. The first kappa shape index (κ1) is 12.2. The SMILES string of the molecule is C[C](C[N+](=O)[O-])C(=O)N(C)c1ccccc1. The average Bonchev–Trinajstić information content (AvgIpc) is 2.27. The van der Waals surface area contributed by atoms with Crippen LogP contribution in [0.2, 0.25) is 0 Å². The predicted octanol–water partition coefficient (Wildman–Crippen LogP) is 1.52. The summed E-state index contributed by atoms with van der Waals surface area (Å²) in [4.78, 5) is 22.9. The number of nitro groups is 1. The summed E-state index contributed by atoms with van der Waals surface area (Å²) in [6, 6.07) is 9.01. The van der Waals surface area contributed by atoms with Crippen molar-refractivity contribution in [2.45, 2.75) is 6.92 Å². The summed E-state index contributed by atoms with van der Waals surface area (Å²) in [6.07, 6.45) is 0. The number of carbonyl (C=O) groups excluding carboxylic acids is 1. The molecule has 0 N–H and O–H groups in total. The van der Waals surface area contributed by atoms with Crippen molar-refractivity contribution >= 4 is 11.6 Å². The van der Waals surface area contributed by atoms with Crippen LogP contribution < -0.4 is 4.90 Å². The molecule has 0 aliphatic rings. The number of carbonyl (C=O) groups is 1. The van der Waals surface area contributed by atoms with Crippen LogP contribution in [-0.2, 0) is 4.79 Å². The Morgan fingerprint density at radius 1 is 1.38 bits per heavy atom. The molecule has 0 saturated carbocycles. The van der Waals surface area contributed by atoms with Gasteiger partial charge in [-0.2, -0.15) is 0 Å². The second kappa shape index (κ2) is 5.25. The third-order valence-electron chi connectivity index (χ3n) is 2.18. The van der Waals surface area contributed by atoms with E-state index in [9.17, 15) is 14.9 Å². The summed E-state index contributed by atoms with van der Waals surface area (Å²) >= 11 is 0. The first-order chi connectivity index (χ1) is 7.52. The van der Waals surface area contributed by atoms with Gasteiger partial charge in [0.2, 0.25) is 12.5 Å². The first-order valence-corrected chi connectivity index (χ1v) is 4.79. The lowest BCUT2D eigenvalue weighted by Crippen LogP contribution is -2.33. The monoisotopic (exact) mass is 221 g/mol. The van der Waals surface area contributed by atoms with E-state index >= 15 is 0 Å². The van der Waals surface area contributed by atoms with Crippen LogP contribution in [0.5, 0.6) is 0 Å². The fourth-order valence-electron chi connectivity index (χ4n) is 1.32. The van der Waals surface area contributed by atoms with Crippen LogP contribution in [0.25, 0.3) is 0 Å². The molecule has 1 amide bonds. The average molecular weight is 221 g/mol. The quantitative estimate of drug-likeness (QED) is 0.572. The number of amides is 1. The zero-order valence-corrected chi connectivity index (χ0v) is 9.21. The van der Waals surface area contributed by atoms with Crippen molar-refractivity contribution in [1.29, 1.82) is 0 Å². The van der Waals surface area contributed by atoms with Gasteiger partial charge in [0.1, 0.15) is 5.92 Å². The fourth-order valence-corrected chi connectivity index (χ4v) is 1.32. The Bertz CT molecular complexity index is 378. The second-order valence-electron chi connectivity index (χ2n) is 3.47. The first-order valence-electron chi connectivity index (χ1n) is 4.79. The van der Waals surface area contributed by atoms with Gasteiger partial charge in [0.15, 0.2) is 0 Å². The Morgan fingerprint density at radius 3 is 2.44 bits per heavy atom. The van der Waals surface area contributed by atoms with E-state index in [0.717, 1.165) is 5.69 Å². The molecular weight excluding hydrogens is 208 g/mol. The molecule has 1 aromatic rings. The number of hydrogen-bond donors (Lipinski definition) is 0. The number of anilines is 1. The Hall–Kier alpha value is -1.91. The Balaban J connectivity index is 2.71. The Morgan fingerprint density at radius 2 is 1.94 bits per heavy atom. The van der Waals surface area contributed by atoms with E-state index in [1.807, 2.05) is 18.2 Å². The topological polar surface area (TPSA) is 63.5 Å². The molecule has 85 valence electrons. The number of rotatable bonds is 4. The molecule has 0 heterocycles.